The minimum Gasteiger partial charge on any atom is -0.363 e. The van der Waals surface area contributed by atoms with E-state index in [1.54, 1.807) is 0 Å². The molecule has 2 unspecified atom stereocenters. The van der Waals surface area contributed by atoms with Crippen molar-refractivity contribution in [2.75, 3.05) is 0 Å². The van der Waals surface area contributed by atoms with E-state index in [-0.39, 0.29) is 12.2 Å². The van der Waals surface area contributed by atoms with Crippen LogP contribution in [0.15, 0.2) is 34.3 Å². The van der Waals surface area contributed by atoms with E-state index in [1.807, 2.05) is 0 Å². The summed E-state index contributed by atoms with van der Waals surface area (Å²) < 4.78 is 6.50. The highest BCUT2D eigenvalue weighted by Gasteiger charge is 2.26. The molecule has 1 saturated heterocycles. The molecular weight excluding hydrogens is 368 g/mol. The minimum atomic E-state index is 0.0502. The molecule has 0 aliphatic carbocycles. The SMILES string of the molecule is CC(=Nc1c(C)cc(C)cc1C)C1CCCC(C(C)=Nc2c(C)cc(C)cc2C)O1. The highest BCUT2D eigenvalue weighted by Crippen LogP contribution is 2.30. The largest absolute Gasteiger partial charge is 0.363 e. The molecule has 0 saturated carbocycles. The number of hydrogen-bond donors (Lipinski definition) is 0. The second kappa shape index (κ2) is 9.26. The number of aryl methyl sites for hydroxylation is 6. The molecule has 3 nitrogen and oxygen atoms in total. The van der Waals surface area contributed by atoms with Gasteiger partial charge in [-0.3, -0.25) is 9.98 Å². The average molecular weight is 405 g/mol. The van der Waals surface area contributed by atoms with Crippen LogP contribution in [-0.2, 0) is 4.74 Å². The van der Waals surface area contributed by atoms with E-state index in [4.69, 9.17) is 14.7 Å². The second-order valence-electron chi connectivity index (χ2n) is 9.05. The van der Waals surface area contributed by atoms with E-state index in [9.17, 15) is 0 Å². The van der Waals surface area contributed by atoms with Crippen LogP contribution in [-0.4, -0.2) is 23.6 Å². The normalized spacial score (nSPS) is 20.5. The molecule has 2 atom stereocenters. The van der Waals surface area contributed by atoms with Crippen molar-refractivity contribution >= 4 is 22.8 Å². The van der Waals surface area contributed by atoms with Gasteiger partial charge in [0.1, 0.15) is 0 Å². The van der Waals surface area contributed by atoms with Crippen molar-refractivity contribution in [2.45, 2.75) is 86.9 Å². The fourth-order valence-electron chi connectivity index (χ4n) is 4.63. The highest BCUT2D eigenvalue weighted by atomic mass is 16.5. The molecule has 0 amide bonds. The van der Waals surface area contributed by atoms with E-state index in [2.05, 4.69) is 79.7 Å². The van der Waals surface area contributed by atoms with Crippen LogP contribution in [0.5, 0.6) is 0 Å². The number of benzene rings is 2. The first-order valence-electron chi connectivity index (χ1n) is 11.1. The van der Waals surface area contributed by atoms with Crippen molar-refractivity contribution in [3.63, 3.8) is 0 Å². The van der Waals surface area contributed by atoms with Gasteiger partial charge in [0.2, 0.25) is 0 Å². The summed E-state index contributed by atoms with van der Waals surface area (Å²) in [6.45, 7) is 17.0. The van der Waals surface area contributed by atoms with Gasteiger partial charge in [0.05, 0.1) is 23.6 Å². The summed E-state index contributed by atoms with van der Waals surface area (Å²) in [5.74, 6) is 0. The molecule has 0 bridgehead atoms. The van der Waals surface area contributed by atoms with Gasteiger partial charge in [-0.15, -0.1) is 0 Å². The molecule has 30 heavy (non-hydrogen) atoms. The summed E-state index contributed by atoms with van der Waals surface area (Å²) in [4.78, 5) is 9.98. The molecule has 0 N–H and O–H groups in total. The molecular formula is C27H36N2O. The van der Waals surface area contributed by atoms with Gasteiger partial charge in [0, 0.05) is 11.4 Å². The van der Waals surface area contributed by atoms with Crippen LogP contribution in [0.4, 0.5) is 11.4 Å². The van der Waals surface area contributed by atoms with Gasteiger partial charge in [0.25, 0.3) is 0 Å². The monoisotopic (exact) mass is 404 g/mol. The van der Waals surface area contributed by atoms with Crippen molar-refractivity contribution in [2.24, 2.45) is 9.98 Å². The zero-order valence-corrected chi connectivity index (χ0v) is 19.9. The molecule has 1 aliphatic heterocycles. The van der Waals surface area contributed by atoms with Crippen LogP contribution < -0.4 is 0 Å². The predicted molar refractivity (Wildman–Crippen MR) is 129 cm³/mol. The van der Waals surface area contributed by atoms with Gasteiger partial charge in [-0.25, -0.2) is 0 Å². The number of rotatable bonds is 4. The lowest BCUT2D eigenvalue weighted by molar-refractivity contribution is 0.0230. The van der Waals surface area contributed by atoms with Crippen molar-refractivity contribution in [3.05, 3.63) is 57.6 Å². The lowest BCUT2D eigenvalue weighted by Gasteiger charge is -2.30. The quantitative estimate of drug-likeness (QED) is 0.490. The van der Waals surface area contributed by atoms with Crippen LogP contribution in [0.1, 0.15) is 66.5 Å². The smallest absolute Gasteiger partial charge is 0.0962 e. The Labute approximate surface area is 182 Å². The van der Waals surface area contributed by atoms with Gasteiger partial charge in [-0.1, -0.05) is 35.4 Å². The molecule has 0 aromatic heterocycles. The Kier molecular flexibility index (Phi) is 6.92. The topological polar surface area (TPSA) is 34.0 Å². The molecule has 0 radical (unpaired) electrons. The van der Waals surface area contributed by atoms with Crippen molar-refractivity contribution < 1.29 is 4.74 Å². The summed E-state index contributed by atoms with van der Waals surface area (Å²) >= 11 is 0. The summed E-state index contributed by atoms with van der Waals surface area (Å²) in [6.07, 6.45) is 3.27. The summed E-state index contributed by atoms with van der Waals surface area (Å²) in [6, 6.07) is 8.80. The fourth-order valence-corrected chi connectivity index (χ4v) is 4.63. The Morgan fingerprint density at radius 2 is 1.00 bits per heavy atom. The first-order chi connectivity index (χ1) is 14.2. The Balaban J connectivity index is 1.82. The van der Waals surface area contributed by atoms with E-state index in [1.165, 1.54) is 33.4 Å². The maximum absolute atomic E-state index is 6.50. The Bertz CT molecular complexity index is 874. The zero-order valence-electron chi connectivity index (χ0n) is 19.9. The first kappa shape index (κ1) is 22.4. The molecule has 3 rings (SSSR count). The van der Waals surface area contributed by atoms with E-state index in [0.717, 1.165) is 42.1 Å². The Hall–Kier alpha value is -2.26. The van der Waals surface area contributed by atoms with Crippen LogP contribution in [0.25, 0.3) is 0 Å². The van der Waals surface area contributed by atoms with Crippen LogP contribution >= 0.6 is 0 Å². The lowest BCUT2D eigenvalue weighted by atomic mass is 9.98. The number of nitrogens with zero attached hydrogens (tertiary/aromatic N) is 2. The van der Waals surface area contributed by atoms with Crippen LogP contribution in [0.3, 0.4) is 0 Å². The van der Waals surface area contributed by atoms with E-state index < -0.39 is 0 Å². The van der Waals surface area contributed by atoms with E-state index >= 15 is 0 Å². The Morgan fingerprint density at radius 1 is 0.667 bits per heavy atom. The average Bonchev–Trinajstić information content (AvgIpc) is 2.67. The third-order valence-electron chi connectivity index (χ3n) is 6.04. The van der Waals surface area contributed by atoms with Gasteiger partial charge in [-0.2, -0.15) is 0 Å². The fraction of sp³-hybridized carbons (Fsp3) is 0.481. The van der Waals surface area contributed by atoms with Gasteiger partial charge in [-0.05, 0) is 96.9 Å². The van der Waals surface area contributed by atoms with Crippen LogP contribution in [0.2, 0.25) is 0 Å². The molecule has 3 heteroatoms. The molecule has 160 valence electrons. The molecule has 1 aliphatic rings. The first-order valence-corrected chi connectivity index (χ1v) is 11.1. The summed E-state index contributed by atoms with van der Waals surface area (Å²) in [7, 11) is 0. The van der Waals surface area contributed by atoms with Gasteiger partial charge in [0.15, 0.2) is 0 Å². The Morgan fingerprint density at radius 3 is 1.33 bits per heavy atom. The minimum absolute atomic E-state index is 0.0502. The highest BCUT2D eigenvalue weighted by molar-refractivity contribution is 5.92. The maximum atomic E-state index is 6.50. The second-order valence-corrected chi connectivity index (χ2v) is 9.05. The van der Waals surface area contributed by atoms with Gasteiger partial charge >= 0.3 is 0 Å². The van der Waals surface area contributed by atoms with Crippen molar-refractivity contribution in [1.29, 1.82) is 0 Å². The molecule has 1 heterocycles. The molecule has 2 aromatic carbocycles. The van der Waals surface area contributed by atoms with Crippen molar-refractivity contribution in [3.8, 4) is 0 Å². The molecule has 2 aromatic rings. The summed E-state index contributed by atoms with van der Waals surface area (Å²) in [5, 5.41) is 0. The predicted octanol–water partition coefficient (Wildman–Crippen LogP) is 7.36. The lowest BCUT2D eigenvalue weighted by Crippen LogP contribution is -2.36. The molecule has 0 spiro atoms. The third kappa shape index (κ3) is 5.07. The van der Waals surface area contributed by atoms with Crippen molar-refractivity contribution in [1.82, 2.24) is 0 Å². The number of hydrogen-bond acceptors (Lipinski definition) is 3. The third-order valence-corrected chi connectivity index (χ3v) is 6.04. The summed E-state index contributed by atoms with van der Waals surface area (Å²) in [5.41, 5.74) is 11.7. The molecule has 1 fully saturated rings. The maximum Gasteiger partial charge on any atom is 0.0962 e. The van der Waals surface area contributed by atoms with E-state index in [0.29, 0.717) is 0 Å². The van der Waals surface area contributed by atoms with Crippen LogP contribution in [0, 0.1) is 41.5 Å². The number of ether oxygens (including phenoxy) is 1. The standard InChI is InChI=1S/C27H36N2O/c1-16-12-18(3)26(19(4)13-16)28-22(7)24-10-9-11-25(30-24)23(8)29-27-20(5)14-17(2)15-21(27)6/h12-15,24-25H,9-11H2,1-8H3. The zero-order chi connectivity index (χ0) is 22.0. The van der Waals surface area contributed by atoms with Gasteiger partial charge < -0.3 is 4.74 Å². The number of aliphatic imine (C=N–C) groups is 2.